The molecule has 1 saturated heterocycles. The molecule has 1 atom stereocenters. The van der Waals surface area contributed by atoms with E-state index in [9.17, 15) is 9.90 Å². The van der Waals surface area contributed by atoms with E-state index in [1.54, 1.807) is 0 Å². The van der Waals surface area contributed by atoms with Crippen LogP contribution in [0.4, 0.5) is 0 Å². The fourth-order valence-electron chi connectivity index (χ4n) is 3.15. The Bertz CT molecular complexity index is 382. The van der Waals surface area contributed by atoms with Gasteiger partial charge in [0.25, 0.3) is 0 Å². The predicted octanol–water partition coefficient (Wildman–Crippen LogP) is 2.11. The SMILES string of the molecule is CC(C)C1(C(=O)O)CCN(CC2(CC#N)CC2)C1. The van der Waals surface area contributed by atoms with Crippen LogP contribution in [-0.4, -0.2) is 35.6 Å². The van der Waals surface area contributed by atoms with E-state index in [1.165, 1.54) is 0 Å². The molecule has 1 heterocycles. The van der Waals surface area contributed by atoms with Crippen molar-refractivity contribution in [2.75, 3.05) is 19.6 Å². The predicted molar refractivity (Wildman–Crippen MR) is 67.9 cm³/mol. The zero-order chi connectivity index (χ0) is 13.4. The number of hydrogen-bond acceptors (Lipinski definition) is 3. The standard InChI is InChI=1S/C14H22N2O2/c1-11(2)14(12(17)18)6-8-16(10-14)9-13(3-4-13)5-7-15/h11H,3-6,8-10H2,1-2H3,(H,17,18). The molecule has 0 radical (unpaired) electrons. The number of nitrogens with zero attached hydrogens (tertiary/aromatic N) is 2. The van der Waals surface area contributed by atoms with Crippen molar-refractivity contribution in [3.63, 3.8) is 0 Å². The minimum absolute atomic E-state index is 0.158. The van der Waals surface area contributed by atoms with Crippen LogP contribution < -0.4 is 0 Å². The van der Waals surface area contributed by atoms with Crippen LogP contribution in [0.15, 0.2) is 0 Å². The molecule has 1 N–H and O–H groups in total. The highest BCUT2D eigenvalue weighted by Gasteiger charge is 2.50. The molecular formula is C14H22N2O2. The second-order valence-electron chi connectivity index (χ2n) is 6.41. The smallest absolute Gasteiger partial charge is 0.311 e. The van der Waals surface area contributed by atoms with Gasteiger partial charge in [0.05, 0.1) is 11.5 Å². The summed E-state index contributed by atoms with van der Waals surface area (Å²) in [6, 6.07) is 2.27. The van der Waals surface area contributed by atoms with E-state index in [0.29, 0.717) is 13.0 Å². The minimum atomic E-state index is -0.662. The molecule has 2 aliphatic rings. The summed E-state index contributed by atoms with van der Waals surface area (Å²) in [5, 5.41) is 18.3. The number of carboxylic acid groups (broad SMARTS) is 1. The molecule has 1 aliphatic carbocycles. The van der Waals surface area contributed by atoms with Gasteiger partial charge in [-0.05, 0) is 37.1 Å². The van der Waals surface area contributed by atoms with Gasteiger partial charge in [-0.1, -0.05) is 13.8 Å². The average molecular weight is 250 g/mol. The molecule has 4 nitrogen and oxygen atoms in total. The van der Waals surface area contributed by atoms with Crippen molar-refractivity contribution in [2.24, 2.45) is 16.7 Å². The zero-order valence-corrected chi connectivity index (χ0v) is 11.3. The van der Waals surface area contributed by atoms with Crippen molar-refractivity contribution in [1.29, 1.82) is 5.26 Å². The monoisotopic (exact) mass is 250 g/mol. The maximum atomic E-state index is 11.5. The van der Waals surface area contributed by atoms with Crippen LogP contribution in [0.25, 0.3) is 0 Å². The molecule has 2 fully saturated rings. The largest absolute Gasteiger partial charge is 0.481 e. The van der Waals surface area contributed by atoms with Gasteiger partial charge in [0.1, 0.15) is 0 Å². The summed E-state index contributed by atoms with van der Waals surface area (Å²) in [7, 11) is 0. The maximum Gasteiger partial charge on any atom is 0.311 e. The Kier molecular flexibility index (Phi) is 3.37. The Morgan fingerprint density at radius 2 is 2.11 bits per heavy atom. The Hall–Kier alpha value is -1.08. The van der Waals surface area contributed by atoms with Crippen LogP contribution in [0.1, 0.15) is 39.5 Å². The van der Waals surface area contributed by atoms with Crippen molar-refractivity contribution >= 4 is 5.97 Å². The molecule has 0 spiro atoms. The summed E-state index contributed by atoms with van der Waals surface area (Å²) in [6.07, 6.45) is 3.60. The van der Waals surface area contributed by atoms with Crippen molar-refractivity contribution in [2.45, 2.75) is 39.5 Å². The second kappa shape index (κ2) is 4.55. The van der Waals surface area contributed by atoms with Crippen LogP contribution in [0, 0.1) is 28.1 Å². The van der Waals surface area contributed by atoms with Gasteiger partial charge in [-0.15, -0.1) is 0 Å². The van der Waals surface area contributed by atoms with Crippen molar-refractivity contribution in [1.82, 2.24) is 4.90 Å². The fraction of sp³-hybridized carbons (Fsp3) is 0.857. The van der Waals surface area contributed by atoms with Crippen molar-refractivity contribution < 1.29 is 9.90 Å². The highest BCUT2D eigenvalue weighted by atomic mass is 16.4. The quantitative estimate of drug-likeness (QED) is 0.811. The molecule has 4 heteroatoms. The number of likely N-dealkylation sites (tertiary alicyclic amines) is 1. The number of aliphatic carboxylic acids is 1. The van der Waals surface area contributed by atoms with Crippen molar-refractivity contribution in [3.8, 4) is 6.07 Å². The molecule has 1 saturated carbocycles. The first-order valence-corrected chi connectivity index (χ1v) is 6.77. The van der Waals surface area contributed by atoms with Gasteiger partial charge in [0.2, 0.25) is 0 Å². The third-order valence-electron chi connectivity index (χ3n) is 4.88. The number of carboxylic acids is 1. The van der Waals surface area contributed by atoms with E-state index in [-0.39, 0.29) is 11.3 Å². The fourth-order valence-corrected chi connectivity index (χ4v) is 3.15. The van der Waals surface area contributed by atoms with Gasteiger partial charge in [-0.2, -0.15) is 5.26 Å². The lowest BCUT2D eigenvalue weighted by molar-refractivity contribution is -0.151. The summed E-state index contributed by atoms with van der Waals surface area (Å²) >= 11 is 0. The molecule has 0 bridgehead atoms. The van der Waals surface area contributed by atoms with Crippen LogP contribution in [0.2, 0.25) is 0 Å². The van der Waals surface area contributed by atoms with Gasteiger partial charge >= 0.3 is 5.97 Å². The van der Waals surface area contributed by atoms with E-state index in [1.807, 2.05) is 13.8 Å². The molecule has 0 aromatic rings. The first-order chi connectivity index (χ1) is 8.44. The molecule has 1 aliphatic heterocycles. The Morgan fingerprint density at radius 1 is 1.44 bits per heavy atom. The number of nitriles is 1. The molecule has 2 rings (SSSR count). The number of hydrogen-bond donors (Lipinski definition) is 1. The number of rotatable bonds is 5. The minimum Gasteiger partial charge on any atom is -0.481 e. The van der Waals surface area contributed by atoms with Gasteiger partial charge in [-0.3, -0.25) is 4.79 Å². The zero-order valence-electron chi connectivity index (χ0n) is 11.3. The molecule has 0 aromatic carbocycles. The molecule has 1 unspecified atom stereocenters. The average Bonchev–Trinajstić information content (AvgIpc) is 2.89. The molecule has 18 heavy (non-hydrogen) atoms. The van der Waals surface area contributed by atoms with Gasteiger partial charge < -0.3 is 10.0 Å². The molecular weight excluding hydrogens is 228 g/mol. The first kappa shape index (κ1) is 13.4. The molecule has 0 aromatic heterocycles. The van der Waals surface area contributed by atoms with Gasteiger partial charge in [0.15, 0.2) is 0 Å². The third kappa shape index (κ3) is 2.24. The lowest BCUT2D eigenvalue weighted by Crippen LogP contribution is -2.40. The summed E-state index contributed by atoms with van der Waals surface area (Å²) in [5.41, 5.74) is -0.400. The number of carbonyl (C=O) groups is 1. The summed E-state index contributed by atoms with van der Waals surface area (Å²) < 4.78 is 0. The maximum absolute atomic E-state index is 11.5. The summed E-state index contributed by atoms with van der Waals surface area (Å²) in [4.78, 5) is 13.8. The Labute approximate surface area is 109 Å². The van der Waals surface area contributed by atoms with Crippen LogP contribution in [0.5, 0.6) is 0 Å². The topological polar surface area (TPSA) is 64.3 Å². The lowest BCUT2D eigenvalue weighted by Gasteiger charge is -2.29. The summed E-state index contributed by atoms with van der Waals surface area (Å²) in [5.74, 6) is -0.503. The van der Waals surface area contributed by atoms with E-state index in [2.05, 4.69) is 11.0 Å². The second-order valence-corrected chi connectivity index (χ2v) is 6.41. The Morgan fingerprint density at radius 3 is 2.50 bits per heavy atom. The normalized spacial score (nSPS) is 30.3. The van der Waals surface area contributed by atoms with Crippen LogP contribution >= 0.6 is 0 Å². The van der Waals surface area contributed by atoms with E-state index in [0.717, 1.165) is 32.4 Å². The van der Waals surface area contributed by atoms with E-state index >= 15 is 0 Å². The third-order valence-corrected chi connectivity index (χ3v) is 4.88. The van der Waals surface area contributed by atoms with Gasteiger partial charge in [-0.25, -0.2) is 0 Å². The van der Waals surface area contributed by atoms with E-state index < -0.39 is 11.4 Å². The molecule has 0 amide bonds. The van der Waals surface area contributed by atoms with Gasteiger partial charge in [0, 0.05) is 19.5 Å². The molecule has 100 valence electrons. The lowest BCUT2D eigenvalue weighted by atomic mass is 9.76. The summed E-state index contributed by atoms with van der Waals surface area (Å²) in [6.45, 7) is 6.41. The first-order valence-electron chi connectivity index (χ1n) is 6.77. The van der Waals surface area contributed by atoms with Crippen LogP contribution in [-0.2, 0) is 4.79 Å². The highest BCUT2D eigenvalue weighted by molar-refractivity contribution is 5.75. The van der Waals surface area contributed by atoms with Crippen molar-refractivity contribution in [3.05, 3.63) is 0 Å². The van der Waals surface area contributed by atoms with Crippen LogP contribution in [0.3, 0.4) is 0 Å². The Balaban J connectivity index is 2.00. The van der Waals surface area contributed by atoms with E-state index in [4.69, 9.17) is 5.26 Å². The highest BCUT2D eigenvalue weighted by Crippen LogP contribution is 2.50.